The highest BCUT2D eigenvalue weighted by molar-refractivity contribution is 8.00. The molecule has 0 unspecified atom stereocenters. The van der Waals surface area contributed by atoms with Gasteiger partial charge in [0.1, 0.15) is 11.4 Å². The normalized spacial score (nSPS) is 12.6. The second kappa shape index (κ2) is 8.18. The van der Waals surface area contributed by atoms with Crippen LogP contribution >= 0.6 is 11.8 Å². The number of rotatable bonds is 6. The van der Waals surface area contributed by atoms with Crippen molar-refractivity contribution in [2.75, 3.05) is 12.4 Å². The zero-order valence-electron chi connectivity index (χ0n) is 15.5. The second-order valence-electron chi connectivity index (χ2n) is 6.02. The van der Waals surface area contributed by atoms with E-state index in [1.807, 2.05) is 0 Å². The van der Waals surface area contributed by atoms with E-state index in [4.69, 9.17) is 4.74 Å². The number of carbonyl (C=O) groups is 1. The van der Waals surface area contributed by atoms with Crippen LogP contribution in [0.4, 0.5) is 24.5 Å². The van der Waals surface area contributed by atoms with E-state index in [2.05, 4.69) is 15.5 Å². The number of thioether (sulfide) groups is 1. The summed E-state index contributed by atoms with van der Waals surface area (Å²) in [6.45, 7) is 1.49. The number of methoxy groups -OCH3 is 1. The fraction of sp³-hybridized carbons (Fsp3) is 0.235. The van der Waals surface area contributed by atoms with Crippen LogP contribution in [-0.2, 0) is 11.0 Å². The topological polar surface area (TPSA) is 112 Å². The first-order valence-corrected chi connectivity index (χ1v) is 9.20. The summed E-state index contributed by atoms with van der Waals surface area (Å²) in [6.07, 6.45) is -3.70. The fourth-order valence-electron chi connectivity index (χ4n) is 2.46. The summed E-state index contributed by atoms with van der Waals surface area (Å²) in [6, 6.07) is 6.00. The fourth-order valence-corrected chi connectivity index (χ4v) is 3.29. The van der Waals surface area contributed by atoms with Crippen molar-refractivity contribution in [2.45, 2.75) is 23.5 Å². The molecule has 0 aliphatic carbocycles. The molecular weight excluding hydrogens is 427 g/mol. The van der Waals surface area contributed by atoms with Crippen molar-refractivity contribution in [3.63, 3.8) is 0 Å². The van der Waals surface area contributed by atoms with Gasteiger partial charge in [0.2, 0.25) is 5.91 Å². The van der Waals surface area contributed by atoms with Crippen molar-refractivity contribution < 1.29 is 27.6 Å². The Hall–Kier alpha value is -3.35. The molecule has 3 aromatic rings. The lowest BCUT2D eigenvalue weighted by molar-refractivity contribution is -0.384. The number of benzene rings is 1. The maximum absolute atomic E-state index is 13.0. The summed E-state index contributed by atoms with van der Waals surface area (Å²) in [5.74, 6) is -0.352. The van der Waals surface area contributed by atoms with E-state index in [1.165, 1.54) is 32.2 Å². The number of halogens is 3. The van der Waals surface area contributed by atoms with Crippen LogP contribution in [0.3, 0.4) is 0 Å². The maximum atomic E-state index is 13.0. The van der Waals surface area contributed by atoms with Crippen LogP contribution in [0, 0.1) is 10.1 Å². The molecule has 2 aromatic heterocycles. The molecule has 9 nitrogen and oxygen atoms in total. The molecule has 1 aromatic carbocycles. The molecule has 13 heteroatoms. The van der Waals surface area contributed by atoms with Crippen LogP contribution in [0.1, 0.15) is 12.5 Å². The van der Waals surface area contributed by atoms with Gasteiger partial charge in [-0.15, -0.1) is 10.2 Å². The number of hydrogen-bond acceptors (Lipinski definition) is 7. The quantitative estimate of drug-likeness (QED) is 0.352. The number of nitrogens with zero attached hydrogens (tertiary/aromatic N) is 4. The Morgan fingerprint density at radius 1 is 1.30 bits per heavy atom. The third-order valence-electron chi connectivity index (χ3n) is 4.01. The Balaban J connectivity index is 1.81. The number of anilines is 1. The highest BCUT2D eigenvalue weighted by atomic mass is 32.2. The maximum Gasteiger partial charge on any atom is 0.417 e. The smallest absolute Gasteiger partial charge is 0.417 e. The summed E-state index contributed by atoms with van der Waals surface area (Å²) < 4.78 is 44.9. The highest BCUT2D eigenvalue weighted by Gasteiger charge is 2.31. The Morgan fingerprint density at radius 2 is 2.03 bits per heavy atom. The van der Waals surface area contributed by atoms with Gasteiger partial charge in [-0.05, 0) is 31.2 Å². The third-order valence-corrected chi connectivity index (χ3v) is 5.07. The standard InChI is InChI=1S/C17H14F3N5O4S/c1-9(15(26)21-12-5-4-11(29-2)7-13(12)25(27)28)30-16-23-22-14-6-3-10(8-24(14)16)17(18,19)20/h3-9H,1-2H3,(H,21,26)/t9-/m0/s1. The van der Waals surface area contributed by atoms with Crippen LogP contribution in [0.25, 0.3) is 5.65 Å². The molecule has 158 valence electrons. The minimum absolute atomic E-state index is 0.0382. The van der Waals surface area contributed by atoms with Gasteiger partial charge < -0.3 is 10.1 Å². The lowest BCUT2D eigenvalue weighted by atomic mass is 10.2. The van der Waals surface area contributed by atoms with Gasteiger partial charge in [-0.25, -0.2) is 0 Å². The van der Waals surface area contributed by atoms with E-state index < -0.39 is 27.8 Å². The van der Waals surface area contributed by atoms with Gasteiger partial charge >= 0.3 is 6.18 Å². The van der Waals surface area contributed by atoms with Crippen LogP contribution in [0.15, 0.2) is 41.7 Å². The predicted molar refractivity (Wildman–Crippen MR) is 102 cm³/mol. The van der Waals surface area contributed by atoms with Gasteiger partial charge in [0.25, 0.3) is 5.69 Å². The Kier molecular flexibility index (Phi) is 5.82. The number of amides is 1. The van der Waals surface area contributed by atoms with E-state index in [0.717, 1.165) is 34.5 Å². The zero-order valence-corrected chi connectivity index (χ0v) is 16.3. The van der Waals surface area contributed by atoms with Crippen molar-refractivity contribution in [3.05, 3.63) is 52.2 Å². The molecule has 2 heterocycles. The summed E-state index contributed by atoms with van der Waals surface area (Å²) in [4.78, 5) is 23.1. The Labute approximate surface area is 171 Å². The molecule has 0 aliphatic rings. The molecule has 1 atom stereocenters. The number of aromatic nitrogens is 3. The van der Waals surface area contributed by atoms with Crippen LogP contribution in [0.2, 0.25) is 0 Å². The highest BCUT2D eigenvalue weighted by Crippen LogP contribution is 2.32. The van der Waals surface area contributed by atoms with Crippen LogP contribution in [-0.4, -0.2) is 37.8 Å². The Morgan fingerprint density at radius 3 is 2.67 bits per heavy atom. The molecule has 0 fully saturated rings. The number of nitro benzene ring substituents is 1. The number of nitro groups is 1. The summed E-state index contributed by atoms with van der Waals surface area (Å²) in [7, 11) is 1.35. The molecule has 1 N–H and O–H groups in total. The first-order chi connectivity index (χ1) is 14.1. The van der Waals surface area contributed by atoms with Crippen LogP contribution < -0.4 is 10.1 Å². The number of pyridine rings is 1. The van der Waals surface area contributed by atoms with Crippen molar-refractivity contribution in [1.29, 1.82) is 0 Å². The van der Waals surface area contributed by atoms with E-state index in [-0.39, 0.29) is 27.9 Å². The number of nitrogens with one attached hydrogen (secondary N) is 1. The van der Waals surface area contributed by atoms with Crippen molar-refractivity contribution in [2.24, 2.45) is 0 Å². The minimum atomic E-state index is -4.54. The minimum Gasteiger partial charge on any atom is -0.496 e. The van der Waals surface area contributed by atoms with E-state index >= 15 is 0 Å². The largest absolute Gasteiger partial charge is 0.496 e. The number of fused-ring (bicyclic) bond motifs is 1. The van der Waals surface area contributed by atoms with E-state index in [9.17, 15) is 28.1 Å². The van der Waals surface area contributed by atoms with Crippen molar-refractivity contribution in [1.82, 2.24) is 14.6 Å². The van der Waals surface area contributed by atoms with Gasteiger partial charge in [0, 0.05) is 6.20 Å². The summed E-state index contributed by atoms with van der Waals surface area (Å²) in [5.41, 5.74) is -1.10. The zero-order chi connectivity index (χ0) is 22.1. The number of hydrogen-bond donors (Lipinski definition) is 1. The molecular formula is C17H14F3N5O4S. The van der Waals surface area contributed by atoms with Gasteiger partial charge in [-0.3, -0.25) is 19.3 Å². The summed E-state index contributed by atoms with van der Waals surface area (Å²) >= 11 is 0.864. The molecule has 0 aliphatic heterocycles. The van der Waals surface area contributed by atoms with E-state index in [1.54, 1.807) is 0 Å². The summed E-state index contributed by atoms with van der Waals surface area (Å²) in [5, 5.41) is 20.5. The number of alkyl halides is 3. The van der Waals surface area contributed by atoms with Gasteiger partial charge in [-0.2, -0.15) is 13.2 Å². The van der Waals surface area contributed by atoms with Crippen LogP contribution in [0.5, 0.6) is 5.75 Å². The molecule has 1 amide bonds. The first-order valence-electron chi connectivity index (χ1n) is 8.32. The average molecular weight is 441 g/mol. The molecule has 3 rings (SSSR count). The van der Waals surface area contributed by atoms with Crippen molar-refractivity contribution in [3.8, 4) is 5.75 Å². The molecule has 0 saturated carbocycles. The molecule has 0 saturated heterocycles. The Bertz CT molecular complexity index is 1120. The van der Waals surface area contributed by atoms with Crippen molar-refractivity contribution >= 4 is 34.7 Å². The third kappa shape index (κ3) is 4.45. The van der Waals surface area contributed by atoms with Gasteiger partial charge in [0.05, 0.1) is 28.9 Å². The SMILES string of the molecule is COc1ccc(NC(=O)[C@H](C)Sc2nnc3ccc(C(F)(F)F)cn23)c([N+](=O)[O-])c1. The number of ether oxygens (including phenoxy) is 1. The number of carbonyl (C=O) groups excluding carboxylic acids is 1. The lowest BCUT2D eigenvalue weighted by Crippen LogP contribution is -2.23. The lowest BCUT2D eigenvalue weighted by Gasteiger charge is -2.12. The van der Waals surface area contributed by atoms with Gasteiger partial charge in [-0.1, -0.05) is 11.8 Å². The average Bonchev–Trinajstić information content (AvgIpc) is 3.09. The molecule has 0 radical (unpaired) electrons. The van der Waals surface area contributed by atoms with E-state index in [0.29, 0.717) is 0 Å². The monoisotopic (exact) mass is 441 g/mol. The molecule has 0 spiro atoms. The molecule has 30 heavy (non-hydrogen) atoms. The van der Waals surface area contributed by atoms with Gasteiger partial charge in [0.15, 0.2) is 10.8 Å². The first kappa shape index (κ1) is 21.4. The second-order valence-corrected chi connectivity index (χ2v) is 7.32. The predicted octanol–water partition coefficient (Wildman–Crippen LogP) is 3.78. The molecule has 0 bridgehead atoms.